The molecule has 0 radical (unpaired) electrons. The Labute approximate surface area is 130 Å². The number of carbonyl (C=O) groups is 1. The normalized spacial score (nSPS) is 25.4. The van der Waals surface area contributed by atoms with Crippen LogP contribution in [0.1, 0.15) is 35.7 Å². The molecule has 1 saturated heterocycles. The lowest BCUT2D eigenvalue weighted by Crippen LogP contribution is -2.41. The molecular weight excluding hydrogens is 304 g/mol. The molecule has 6 nitrogen and oxygen atoms in total. The summed E-state index contributed by atoms with van der Waals surface area (Å²) in [6.45, 7) is 3.08. The average molecular weight is 324 g/mol. The van der Waals surface area contributed by atoms with Crippen LogP contribution in [0.3, 0.4) is 0 Å². The van der Waals surface area contributed by atoms with Crippen LogP contribution >= 0.6 is 0 Å². The lowest BCUT2D eigenvalue weighted by molar-refractivity contribution is 0.0173. The Morgan fingerprint density at radius 3 is 2.95 bits per heavy atom. The third-order valence-corrected chi connectivity index (χ3v) is 5.64. The van der Waals surface area contributed by atoms with E-state index in [0.717, 1.165) is 12.0 Å². The SMILES string of the molecule is CC1CC(NS(=O)(=O)c2ccc3c(c2)C(=O)NCC3)CCO1. The molecule has 2 atom stereocenters. The molecule has 2 N–H and O–H groups in total. The number of benzene rings is 1. The first-order valence-electron chi connectivity index (χ1n) is 7.51. The van der Waals surface area contributed by atoms with E-state index in [1.165, 1.54) is 6.07 Å². The molecule has 0 saturated carbocycles. The van der Waals surface area contributed by atoms with E-state index >= 15 is 0 Å². The highest BCUT2D eigenvalue weighted by molar-refractivity contribution is 7.89. The van der Waals surface area contributed by atoms with Gasteiger partial charge < -0.3 is 10.1 Å². The monoisotopic (exact) mass is 324 g/mol. The Balaban J connectivity index is 1.83. The van der Waals surface area contributed by atoms with Gasteiger partial charge in [0.2, 0.25) is 10.0 Å². The van der Waals surface area contributed by atoms with Crippen molar-refractivity contribution in [2.45, 2.75) is 43.2 Å². The zero-order chi connectivity index (χ0) is 15.7. The number of carbonyl (C=O) groups excluding carboxylic acids is 1. The minimum Gasteiger partial charge on any atom is -0.378 e. The maximum Gasteiger partial charge on any atom is 0.251 e. The van der Waals surface area contributed by atoms with Gasteiger partial charge in [-0.3, -0.25) is 4.79 Å². The molecule has 0 spiro atoms. The van der Waals surface area contributed by atoms with E-state index in [4.69, 9.17) is 4.74 Å². The maximum atomic E-state index is 12.5. The first-order valence-corrected chi connectivity index (χ1v) is 8.99. The van der Waals surface area contributed by atoms with E-state index in [9.17, 15) is 13.2 Å². The van der Waals surface area contributed by atoms with Crippen molar-refractivity contribution in [2.24, 2.45) is 0 Å². The van der Waals surface area contributed by atoms with Gasteiger partial charge in [-0.25, -0.2) is 13.1 Å². The summed E-state index contributed by atoms with van der Waals surface area (Å²) in [5.74, 6) is -0.210. The second-order valence-corrected chi connectivity index (χ2v) is 7.56. The summed E-state index contributed by atoms with van der Waals surface area (Å²) >= 11 is 0. The zero-order valence-corrected chi connectivity index (χ0v) is 13.3. The van der Waals surface area contributed by atoms with Crippen molar-refractivity contribution >= 4 is 15.9 Å². The third-order valence-electron chi connectivity index (χ3n) is 4.12. The van der Waals surface area contributed by atoms with Crippen LogP contribution in [0.15, 0.2) is 23.1 Å². The standard InChI is InChI=1S/C15H20N2O4S/c1-10-8-12(5-7-21-10)17-22(19,20)13-3-2-11-4-6-16-15(18)14(11)9-13/h2-3,9-10,12,17H,4-8H2,1H3,(H,16,18). The largest absolute Gasteiger partial charge is 0.378 e. The highest BCUT2D eigenvalue weighted by Crippen LogP contribution is 2.21. The molecule has 22 heavy (non-hydrogen) atoms. The molecule has 0 aromatic heterocycles. The molecule has 0 bridgehead atoms. The predicted octanol–water partition coefficient (Wildman–Crippen LogP) is 0.818. The molecule has 1 aromatic carbocycles. The van der Waals surface area contributed by atoms with Crippen LogP contribution in [-0.2, 0) is 21.2 Å². The first kappa shape index (κ1) is 15.5. The summed E-state index contributed by atoms with van der Waals surface area (Å²) in [5.41, 5.74) is 1.34. The zero-order valence-electron chi connectivity index (χ0n) is 12.5. The van der Waals surface area contributed by atoms with Gasteiger partial charge in [0.15, 0.2) is 0 Å². The summed E-state index contributed by atoms with van der Waals surface area (Å²) in [4.78, 5) is 12.0. The fourth-order valence-corrected chi connectivity index (χ4v) is 4.26. The molecule has 1 fully saturated rings. The van der Waals surface area contributed by atoms with Crippen LogP contribution in [0.5, 0.6) is 0 Å². The average Bonchev–Trinajstić information content (AvgIpc) is 2.47. The van der Waals surface area contributed by atoms with Gasteiger partial charge in [-0.05, 0) is 43.9 Å². The van der Waals surface area contributed by atoms with Gasteiger partial charge in [-0.2, -0.15) is 0 Å². The van der Waals surface area contributed by atoms with E-state index in [1.54, 1.807) is 12.1 Å². The lowest BCUT2D eigenvalue weighted by Gasteiger charge is -2.27. The number of amides is 1. The van der Waals surface area contributed by atoms with Crippen molar-refractivity contribution in [1.82, 2.24) is 10.0 Å². The minimum atomic E-state index is -3.63. The first-order chi connectivity index (χ1) is 10.5. The molecule has 2 aliphatic heterocycles. The van der Waals surface area contributed by atoms with Crippen molar-refractivity contribution in [3.8, 4) is 0 Å². The molecule has 1 amide bonds. The highest BCUT2D eigenvalue weighted by Gasteiger charge is 2.26. The van der Waals surface area contributed by atoms with Crippen LogP contribution in [0.2, 0.25) is 0 Å². The number of ether oxygens (including phenoxy) is 1. The number of hydrogen-bond donors (Lipinski definition) is 2. The van der Waals surface area contributed by atoms with Gasteiger partial charge in [-0.15, -0.1) is 0 Å². The van der Waals surface area contributed by atoms with Gasteiger partial charge in [-0.1, -0.05) is 6.07 Å². The minimum absolute atomic E-state index is 0.0516. The molecular formula is C15H20N2O4S. The summed E-state index contributed by atoms with van der Waals surface area (Å²) in [6.07, 6.45) is 2.10. The third kappa shape index (κ3) is 3.16. The summed E-state index contributed by atoms with van der Waals surface area (Å²) in [6, 6.07) is 4.64. The molecule has 120 valence electrons. The fraction of sp³-hybridized carbons (Fsp3) is 0.533. The molecule has 0 aliphatic carbocycles. The van der Waals surface area contributed by atoms with E-state index in [0.29, 0.717) is 31.6 Å². The van der Waals surface area contributed by atoms with Crippen LogP contribution in [0, 0.1) is 0 Å². The highest BCUT2D eigenvalue weighted by atomic mass is 32.2. The predicted molar refractivity (Wildman–Crippen MR) is 81.2 cm³/mol. The van der Waals surface area contributed by atoms with Crippen molar-refractivity contribution in [2.75, 3.05) is 13.2 Å². The van der Waals surface area contributed by atoms with Crippen molar-refractivity contribution in [1.29, 1.82) is 0 Å². The molecule has 1 aromatic rings. The fourth-order valence-electron chi connectivity index (χ4n) is 2.95. The number of fused-ring (bicyclic) bond motifs is 1. The summed E-state index contributed by atoms with van der Waals surface area (Å²) in [5, 5.41) is 2.73. The van der Waals surface area contributed by atoms with E-state index in [-0.39, 0.29) is 22.9 Å². The van der Waals surface area contributed by atoms with E-state index < -0.39 is 10.0 Å². The molecule has 2 heterocycles. The van der Waals surface area contributed by atoms with Crippen LogP contribution in [0.25, 0.3) is 0 Å². The summed E-state index contributed by atoms with van der Waals surface area (Å²) in [7, 11) is -3.63. The van der Waals surface area contributed by atoms with E-state index in [1.807, 2.05) is 6.92 Å². The Hall–Kier alpha value is -1.44. The number of rotatable bonds is 3. The van der Waals surface area contributed by atoms with Crippen LogP contribution in [-0.4, -0.2) is 39.6 Å². The van der Waals surface area contributed by atoms with E-state index in [2.05, 4.69) is 10.0 Å². The number of hydrogen-bond acceptors (Lipinski definition) is 4. The summed E-state index contributed by atoms with van der Waals surface area (Å²) < 4.78 is 33.2. The Morgan fingerprint density at radius 2 is 2.18 bits per heavy atom. The topological polar surface area (TPSA) is 84.5 Å². The van der Waals surface area contributed by atoms with Crippen LogP contribution in [0.4, 0.5) is 0 Å². The Bertz CT molecular complexity index is 687. The van der Waals surface area contributed by atoms with Crippen molar-refractivity contribution in [3.63, 3.8) is 0 Å². The van der Waals surface area contributed by atoms with Gasteiger partial charge in [0.05, 0.1) is 11.0 Å². The smallest absolute Gasteiger partial charge is 0.251 e. The second kappa shape index (κ2) is 5.98. The molecule has 2 aliphatic rings. The maximum absolute atomic E-state index is 12.5. The van der Waals surface area contributed by atoms with Crippen molar-refractivity contribution < 1.29 is 17.9 Å². The van der Waals surface area contributed by atoms with Gasteiger partial charge >= 0.3 is 0 Å². The number of nitrogens with one attached hydrogen (secondary N) is 2. The molecule has 7 heteroatoms. The lowest BCUT2D eigenvalue weighted by atomic mass is 10.0. The Morgan fingerprint density at radius 1 is 1.36 bits per heavy atom. The molecule has 3 rings (SSSR count). The van der Waals surface area contributed by atoms with Gasteiger partial charge in [0.1, 0.15) is 0 Å². The second-order valence-electron chi connectivity index (χ2n) is 5.85. The van der Waals surface area contributed by atoms with Gasteiger partial charge in [0, 0.05) is 24.8 Å². The number of sulfonamides is 1. The Kier molecular flexibility index (Phi) is 4.20. The quantitative estimate of drug-likeness (QED) is 0.862. The molecule has 2 unspecified atom stereocenters. The van der Waals surface area contributed by atoms with Gasteiger partial charge in [0.25, 0.3) is 5.91 Å². The van der Waals surface area contributed by atoms with Crippen molar-refractivity contribution in [3.05, 3.63) is 29.3 Å². The van der Waals surface area contributed by atoms with Crippen LogP contribution < -0.4 is 10.0 Å².